The summed E-state index contributed by atoms with van der Waals surface area (Å²) in [6, 6.07) is 17.7. The second kappa shape index (κ2) is 5.93. The second-order valence-corrected chi connectivity index (χ2v) is 5.41. The van der Waals surface area contributed by atoms with Gasteiger partial charge in [-0.3, -0.25) is 5.10 Å². The molecule has 4 nitrogen and oxygen atoms in total. The van der Waals surface area contributed by atoms with Gasteiger partial charge in [-0.2, -0.15) is 5.10 Å². The van der Waals surface area contributed by atoms with E-state index in [1.165, 1.54) is 5.56 Å². The number of benzene rings is 2. The highest BCUT2D eigenvalue weighted by molar-refractivity contribution is 5.64. The lowest BCUT2D eigenvalue weighted by Crippen LogP contribution is -2.03. The molecule has 3 N–H and O–H groups in total. The number of anilines is 1. The lowest BCUT2D eigenvalue weighted by molar-refractivity contribution is 0.222. The smallest absolute Gasteiger partial charge is 0.137 e. The Hall–Kier alpha value is -2.75. The standard InChI is InChI=1S/C18H19N3O/c1-12-6-8-16(9-7-12)22-13(2)17-11-18(21-20-17)14-4-3-5-15(19)10-14/h3-11,13H,19H2,1-2H3,(H,20,21). The molecular formula is C18H19N3O. The Bertz CT molecular complexity index is 762. The topological polar surface area (TPSA) is 63.9 Å². The highest BCUT2D eigenvalue weighted by Crippen LogP contribution is 2.25. The molecule has 3 aromatic rings. The predicted octanol–water partition coefficient (Wildman–Crippen LogP) is 4.11. The van der Waals surface area contributed by atoms with Crippen molar-refractivity contribution in [3.05, 3.63) is 65.9 Å². The number of aromatic nitrogens is 2. The van der Waals surface area contributed by atoms with Crippen LogP contribution in [-0.2, 0) is 0 Å². The van der Waals surface area contributed by atoms with Gasteiger partial charge in [-0.25, -0.2) is 0 Å². The van der Waals surface area contributed by atoms with Crippen LogP contribution in [-0.4, -0.2) is 10.2 Å². The van der Waals surface area contributed by atoms with E-state index in [1.807, 2.05) is 61.5 Å². The zero-order chi connectivity index (χ0) is 15.5. The molecule has 2 aromatic carbocycles. The van der Waals surface area contributed by atoms with Gasteiger partial charge in [0.05, 0.1) is 11.4 Å². The van der Waals surface area contributed by atoms with Crippen molar-refractivity contribution in [2.45, 2.75) is 20.0 Å². The molecular weight excluding hydrogens is 274 g/mol. The lowest BCUT2D eigenvalue weighted by atomic mass is 10.1. The summed E-state index contributed by atoms with van der Waals surface area (Å²) in [6.07, 6.45) is -0.106. The van der Waals surface area contributed by atoms with Gasteiger partial charge in [0, 0.05) is 11.3 Å². The molecule has 112 valence electrons. The monoisotopic (exact) mass is 293 g/mol. The molecule has 1 heterocycles. The lowest BCUT2D eigenvalue weighted by Gasteiger charge is -2.12. The summed E-state index contributed by atoms with van der Waals surface area (Å²) >= 11 is 0. The van der Waals surface area contributed by atoms with E-state index < -0.39 is 0 Å². The molecule has 0 radical (unpaired) electrons. The Morgan fingerprint density at radius 2 is 1.86 bits per heavy atom. The SMILES string of the molecule is Cc1ccc(OC(C)c2cc(-c3cccc(N)c3)n[nH]2)cc1. The number of nitrogens with one attached hydrogen (secondary N) is 1. The number of H-pyrrole nitrogens is 1. The first-order valence-corrected chi connectivity index (χ1v) is 7.26. The number of ether oxygens (including phenoxy) is 1. The van der Waals surface area contributed by atoms with Gasteiger partial charge in [-0.15, -0.1) is 0 Å². The zero-order valence-corrected chi connectivity index (χ0v) is 12.7. The first-order chi connectivity index (χ1) is 10.6. The summed E-state index contributed by atoms with van der Waals surface area (Å²) in [6.45, 7) is 4.05. The van der Waals surface area contributed by atoms with Gasteiger partial charge < -0.3 is 10.5 Å². The van der Waals surface area contributed by atoms with Crippen LogP contribution in [0.1, 0.15) is 24.3 Å². The van der Waals surface area contributed by atoms with Crippen molar-refractivity contribution >= 4 is 5.69 Å². The summed E-state index contributed by atoms with van der Waals surface area (Å²) in [4.78, 5) is 0. The van der Waals surface area contributed by atoms with Gasteiger partial charge in [-0.1, -0.05) is 29.8 Å². The van der Waals surface area contributed by atoms with Crippen molar-refractivity contribution in [1.82, 2.24) is 10.2 Å². The Morgan fingerprint density at radius 1 is 1.09 bits per heavy atom. The number of nitrogens with zero attached hydrogens (tertiary/aromatic N) is 1. The average Bonchev–Trinajstić information content (AvgIpc) is 3.00. The van der Waals surface area contributed by atoms with Crippen molar-refractivity contribution in [2.75, 3.05) is 5.73 Å². The van der Waals surface area contributed by atoms with E-state index in [0.29, 0.717) is 0 Å². The number of nitrogen functional groups attached to an aromatic ring is 1. The number of hydrogen-bond acceptors (Lipinski definition) is 3. The van der Waals surface area contributed by atoms with Crippen LogP contribution >= 0.6 is 0 Å². The minimum absolute atomic E-state index is 0.106. The van der Waals surface area contributed by atoms with Gasteiger partial charge >= 0.3 is 0 Å². The highest BCUT2D eigenvalue weighted by Gasteiger charge is 2.12. The number of hydrogen-bond donors (Lipinski definition) is 2. The van der Waals surface area contributed by atoms with Gasteiger partial charge in [0.15, 0.2) is 0 Å². The van der Waals surface area contributed by atoms with Crippen molar-refractivity contribution in [1.29, 1.82) is 0 Å². The second-order valence-electron chi connectivity index (χ2n) is 5.41. The first kappa shape index (κ1) is 14.2. The van der Waals surface area contributed by atoms with Gasteiger partial charge in [0.25, 0.3) is 0 Å². The molecule has 0 saturated heterocycles. The number of aryl methyl sites for hydroxylation is 1. The minimum Gasteiger partial charge on any atom is -0.484 e. The van der Waals surface area contributed by atoms with Gasteiger partial charge in [-0.05, 0) is 44.2 Å². The van der Waals surface area contributed by atoms with Crippen molar-refractivity contribution in [3.63, 3.8) is 0 Å². The molecule has 0 aliphatic rings. The van der Waals surface area contributed by atoms with E-state index in [9.17, 15) is 0 Å². The number of aromatic amines is 1. The van der Waals surface area contributed by atoms with E-state index in [4.69, 9.17) is 10.5 Å². The Morgan fingerprint density at radius 3 is 2.59 bits per heavy atom. The normalized spacial score (nSPS) is 12.1. The number of nitrogens with two attached hydrogens (primary N) is 1. The van der Waals surface area contributed by atoms with Gasteiger partial charge in [0.2, 0.25) is 0 Å². The van der Waals surface area contributed by atoms with E-state index in [1.54, 1.807) is 0 Å². The van der Waals surface area contributed by atoms with Crippen LogP contribution in [0.25, 0.3) is 11.3 Å². The average molecular weight is 293 g/mol. The predicted molar refractivity (Wildman–Crippen MR) is 88.7 cm³/mol. The maximum absolute atomic E-state index is 5.93. The van der Waals surface area contributed by atoms with Crippen LogP contribution in [0.4, 0.5) is 5.69 Å². The molecule has 1 atom stereocenters. The number of rotatable bonds is 4. The summed E-state index contributed by atoms with van der Waals surface area (Å²) in [5.41, 5.74) is 10.5. The van der Waals surface area contributed by atoms with Crippen LogP contribution < -0.4 is 10.5 Å². The van der Waals surface area contributed by atoms with Gasteiger partial charge in [0.1, 0.15) is 11.9 Å². The third-order valence-corrected chi connectivity index (χ3v) is 3.55. The molecule has 0 aliphatic carbocycles. The fraction of sp³-hybridized carbons (Fsp3) is 0.167. The molecule has 1 unspecified atom stereocenters. The first-order valence-electron chi connectivity index (χ1n) is 7.26. The van der Waals surface area contributed by atoms with Crippen LogP contribution in [0.2, 0.25) is 0 Å². The Labute approximate surface area is 129 Å². The quantitative estimate of drug-likeness (QED) is 0.712. The summed E-state index contributed by atoms with van der Waals surface area (Å²) in [5.74, 6) is 0.846. The van der Waals surface area contributed by atoms with E-state index in [0.717, 1.165) is 28.4 Å². The zero-order valence-electron chi connectivity index (χ0n) is 12.7. The third-order valence-electron chi connectivity index (χ3n) is 3.55. The fourth-order valence-electron chi connectivity index (χ4n) is 2.28. The third kappa shape index (κ3) is 3.11. The highest BCUT2D eigenvalue weighted by atomic mass is 16.5. The Balaban J connectivity index is 1.76. The molecule has 0 spiro atoms. The van der Waals surface area contributed by atoms with E-state index in [-0.39, 0.29) is 6.10 Å². The fourth-order valence-corrected chi connectivity index (χ4v) is 2.28. The van der Waals surface area contributed by atoms with Crippen LogP contribution in [0.5, 0.6) is 5.75 Å². The molecule has 0 fully saturated rings. The minimum atomic E-state index is -0.106. The van der Waals surface area contributed by atoms with Crippen LogP contribution in [0.15, 0.2) is 54.6 Å². The van der Waals surface area contributed by atoms with Crippen molar-refractivity contribution in [3.8, 4) is 17.0 Å². The van der Waals surface area contributed by atoms with E-state index >= 15 is 0 Å². The van der Waals surface area contributed by atoms with Crippen molar-refractivity contribution < 1.29 is 4.74 Å². The van der Waals surface area contributed by atoms with E-state index in [2.05, 4.69) is 17.1 Å². The molecule has 0 bridgehead atoms. The maximum atomic E-state index is 5.93. The molecule has 3 rings (SSSR count). The molecule has 22 heavy (non-hydrogen) atoms. The molecule has 4 heteroatoms. The van der Waals surface area contributed by atoms with Crippen LogP contribution in [0, 0.1) is 6.92 Å². The Kier molecular flexibility index (Phi) is 3.83. The summed E-state index contributed by atoms with van der Waals surface area (Å²) < 4.78 is 5.93. The summed E-state index contributed by atoms with van der Waals surface area (Å²) in [5, 5.41) is 7.38. The molecule has 0 amide bonds. The molecule has 0 saturated carbocycles. The van der Waals surface area contributed by atoms with Crippen molar-refractivity contribution in [2.24, 2.45) is 0 Å². The maximum Gasteiger partial charge on any atom is 0.137 e. The summed E-state index contributed by atoms with van der Waals surface area (Å²) in [7, 11) is 0. The molecule has 0 aliphatic heterocycles. The largest absolute Gasteiger partial charge is 0.484 e. The van der Waals surface area contributed by atoms with Crippen LogP contribution in [0.3, 0.4) is 0 Å². The molecule has 1 aromatic heterocycles.